The number of aryl methyl sites for hydroxylation is 1. The Balaban J connectivity index is 1.62. The van der Waals surface area contributed by atoms with Crippen LogP contribution >= 0.6 is 0 Å². The van der Waals surface area contributed by atoms with E-state index in [-0.39, 0.29) is 19.8 Å². The summed E-state index contributed by atoms with van der Waals surface area (Å²) in [4.78, 5) is 33.0. The minimum atomic E-state index is -2.74. The first-order chi connectivity index (χ1) is 20.8. The first-order valence-electron chi connectivity index (χ1n) is 15.2. The van der Waals surface area contributed by atoms with Crippen LogP contribution in [-0.4, -0.2) is 79.3 Å². The van der Waals surface area contributed by atoms with Crippen molar-refractivity contribution in [1.82, 2.24) is 14.6 Å². The predicted octanol–water partition coefficient (Wildman–Crippen LogP) is 2.34. The molecule has 2 aromatic carbocycles. The molecule has 11 heteroatoms. The van der Waals surface area contributed by atoms with Gasteiger partial charge >= 0.3 is 5.69 Å². The van der Waals surface area contributed by atoms with Crippen molar-refractivity contribution in [1.29, 1.82) is 0 Å². The first kappa shape index (κ1) is 33.0. The summed E-state index contributed by atoms with van der Waals surface area (Å²) in [6, 6.07) is 21.5. The molecule has 4 atom stereocenters. The van der Waals surface area contributed by atoms with Gasteiger partial charge in [-0.2, -0.15) is 5.06 Å². The molecule has 0 spiro atoms. The summed E-state index contributed by atoms with van der Waals surface area (Å²) in [5.74, 6) is 0. The maximum atomic E-state index is 12.9. The number of rotatable bonds is 16. The monoisotopic (exact) mass is 611 g/mol. The number of H-pyrrole nitrogens is 1. The lowest BCUT2D eigenvalue weighted by Crippen LogP contribution is -2.61. The number of aliphatic hydroxyl groups is 1. The number of unbranched alkanes of at least 4 members (excludes halogenated alkanes) is 1. The fraction of sp³-hybridized carbons (Fsp3) is 0.500. The largest absolute Gasteiger partial charge is 0.405 e. The lowest BCUT2D eigenvalue weighted by molar-refractivity contribution is -0.174. The molecule has 0 radical (unpaired) electrons. The van der Waals surface area contributed by atoms with Gasteiger partial charge in [0.1, 0.15) is 18.3 Å². The van der Waals surface area contributed by atoms with Crippen molar-refractivity contribution in [2.24, 2.45) is 0 Å². The Bertz CT molecular complexity index is 1340. The van der Waals surface area contributed by atoms with Gasteiger partial charge in [-0.3, -0.25) is 19.2 Å². The molecular formula is C32H45N3O7Si. The summed E-state index contributed by atoms with van der Waals surface area (Å²) in [7, 11) is -2.74. The van der Waals surface area contributed by atoms with Gasteiger partial charge in [-0.1, -0.05) is 94.3 Å². The van der Waals surface area contributed by atoms with Gasteiger partial charge in [0.25, 0.3) is 13.9 Å². The quantitative estimate of drug-likeness (QED) is 0.144. The number of aromatic amines is 1. The van der Waals surface area contributed by atoms with Crippen LogP contribution in [0.2, 0.25) is 6.04 Å². The summed E-state index contributed by atoms with van der Waals surface area (Å²) in [5.41, 5.74) is -0.759. The van der Waals surface area contributed by atoms with Gasteiger partial charge in [-0.15, -0.1) is 0 Å². The number of hydroxylamine groups is 2. The zero-order chi connectivity index (χ0) is 30.8. The first-order valence-corrected chi connectivity index (χ1v) is 17.4. The van der Waals surface area contributed by atoms with Crippen molar-refractivity contribution in [2.45, 2.75) is 71.1 Å². The second kappa shape index (κ2) is 15.7. The van der Waals surface area contributed by atoms with Crippen molar-refractivity contribution in [2.75, 3.05) is 32.9 Å². The maximum absolute atomic E-state index is 12.9. The van der Waals surface area contributed by atoms with Gasteiger partial charge in [0, 0.05) is 24.8 Å². The van der Waals surface area contributed by atoms with Crippen LogP contribution in [0.4, 0.5) is 0 Å². The number of nitrogens with zero attached hydrogens (tertiary/aromatic N) is 2. The standard InChI is InChI=1S/C32H45N3O7Si/c1-5-8-21-43(25-15-11-9-12-16-25,26-17-13-10-14-18-26)41-23-27-28(36)29(39-19-20-40-34(6-2)7-3)31(42-27)35-22-24(4)30(37)33-32(35)38/h9-18,22,27-29,31,36H,5-8,19-21,23H2,1-4H3,(H,33,37,38)/t27-,28-,29-,31-/m1/s1. The van der Waals surface area contributed by atoms with Crippen LogP contribution < -0.4 is 21.6 Å². The third kappa shape index (κ3) is 7.79. The third-order valence-electron chi connectivity index (χ3n) is 7.96. The van der Waals surface area contributed by atoms with E-state index in [2.05, 4.69) is 36.2 Å². The zero-order valence-electron chi connectivity index (χ0n) is 25.6. The van der Waals surface area contributed by atoms with Crippen LogP contribution in [0, 0.1) is 6.92 Å². The van der Waals surface area contributed by atoms with Crippen LogP contribution in [0.5, 0.6) is 0 Å². The molecule has 1 aromatic heterocycles. The SMILES string of the molecule is CCCC[Si](OC[C@H]1O[C@@H](n2cc(C)c(=O)[nH]c2=O)[C@H](OCCON(CC)CC)[C@@H]1O)(c1ccccc1)c1ccccc1. The summed E-state index contributed by atoms with van der Waals surface area (Å²) >= 11 is 0. The van der Waals surface area contributed by atoms with Crippen LogP contribution in [-0.2, 0) is 18.7 Å². The van der Waals surface area contributed by atoms with Crippen molar-refractivity contribution in [3.05, 3.63) is 93.3 Å². The molecule has 0 amide bonds. The summed E-state index contributed by atoms with van der Waals surface area (Å²) in [5, 5.41) is 15.7. The number of hydrogen-bond donors (Lipinski definition) is 2. The second-order valence-corrected chi connectivity index (χ2v) is 14.4. The molecule has 43 heavy (non-hydrogen) atoms. The molecule has 0 aliphatic carbocycles. The molecule has 3 aromatic rings. The molecule has 2 N–H and O–H groups in total. The van der Waals surface area contributed by atoms with Crippen molar-refractivity contribution >= 4 is 18.7 Å². The van der Waals surface area contributed by atoms with E-state index in [1.165, 1.54) is 10.8 Å². The Morgan fingerprint density at radius 1 is 0.977 bits per heavy atom. The average molecular weight is 612 g/mol. The molecule has 10 nitrogen and oxygen atoms in total. The highest BCUT2D eigenvalue weighted by Gasteiger charge is 2.48. The minimum absolute atomic E-state index is 0.101. The summed E-state index contributed by atoms with van der Waals surface area (Å²) in [6.45, 7) is 9.78. The molecule has 0 bridgehead atoms. The topological polar surface area (TPSA) is 115 Å². The molecule has 1 fully saturated rings. The van der Waals surface area contributed by atoms with Crippen molar-refractivity contribution in [3.63, 3.8) is 0 Å². The molecule has 0 unspecified atom stereocenters. The van der Waals surface area contributed by atoms with E-state index < -0.39 is 44.1 Å². The van der Waals surface area contributed by atoms with Gasteiger partial charge < -0.3 is 19.0 Å². The Kier molecular flexibility index (Phi) is 12.1. The molecule has 4 rings (SSSR count). The van der Waals surface area contributed by atoms with E-state index in [1.807, 2.05) is 55.3 Å². The van der Waals surface area contributed by atoms with Crippen LogP contribution in [0.15, 0.2) is 76.4 Å². The fourth-order valence-electron chi connectivity index (χ4n) is 5.55. The minimum Gasteiger partial charge on any atom is -0.405 e. The molecule has 2 heterocycles. The Labute approximate surface area is 254 Å². The van der Waals surface area contributed by atoms with E-state index in [0.717, 1.165) is 42.3 Å². The number of aliphatic hydroxyl groups excluding tert-OH is 1. The normalized spacial score (nSPS) is 20.6. The van der Waals surface area contributed by atoms with Crippen LogP contribution in [0.25, 0.3) is 0 Å². The molecule has 1 saturated heterocycles. The second-order valence-electron chi connectivity index (χ2n) is 10.8. The molecule has 234 valence electrons. The predicted molar refractivity (Wildman–Crippen MR) is 168 cm³/mol. The van der Waals surface area contributed by atoms with Gasteiger partial charge in [0.2, 0.25) is 0 Å². The Hall–Kier alpha value is -2.90. The van der Waals surface area contributed by atoms with Gasteiger partial charge in [0.05, 0.1) is 19.8 Å². The van der Waals surface area contributed by atoms with Gasteiger partial charge in [0.15, 0.2) is 6.23 Å². The number of benzene rings is 2. The highest BCUT2D eigenvalue weighted by molar-refractivity contribution is 6.97. The van der Waals surface area contributed by atoms with Crippen molar-refractivity contribution < 1.29 is 23.8 Å². The Morgan fingerprint density at radius 3 is 2.19 bits per heavy atom. The van der Waals surface area contributed by atoms with Gasteiger partial charge in [-0.25, -0.2) is 4.79 Å². The molecule has 1 aliphatic rings. The lowest BCUT2D eigenvalue weighted by atomic mass is 10.1. The molecular weight excluding hydrogens is 566 g/mol. The molecule has 1 aliphatic heterocycles. The van der Waals surface area contributed by atoms with Crippen molar-refractivity contribution in [3.8, 4) is 0 Å². The number of ether oxygens (including phenoxy) is 2. The van der Waals surface area contributed by atoms with E-state index in [9.17, 15) is 14.7 Å². The number of aromatic nitrogens is 2. The average Bonchev–Trinajstić information content (AvgIpc) is 3.34. The van der Waals surface area contributed by atoms with E-state index in [4.69, 9.17) is 18.7 Å². The number of hydrogen-bond acceptors (Lipinski definition) is 8. The fourth-order valence-corrected chi connectivity index (χ4v) is 9.70. The zero-order valence-corrected chi connectivity index (χ0v) is 26.6. The third-order valence-corrected chi connectivity index (χ3v) is 12.2. The summed E-state index contributed by atoms with van der Waals surface area (Å²) in [6.07, 6.45) is -0.295. The van der Waals surface area contributed by atoms with E-state index in [0.29, 0.717) is 5.56 Å². The van der Waals surface area contributed by atoms with Crippen LogP contribution in [0.3, 0.4) is 0 Å². The van der Waals surface area contributed by atoms with Gasteiger partial charge in [-0.05, 0) is 23.3 Å². The summed E-state index contributed by atoms with van der Waals surface area (Å²) < 4.78 is 20.7. The highest BCUT2D eigenvalue weighted by Crippen LogP contribution is 2.32. The Morgan fingerprint density at radius 2 is 1.60 bits per heavy atom. The number of nitrogens with one attached hydrogen (secondary N) is 1. The highest BCUT2D eigenvalue weighted by atomic mass is 28.4. The maximum Gasteiger partial charge on any atom is 0.330 e. The van der Waals surface area contributed by atoms with Crippen LogP contribution in [0.1, 0.15) is 45.4 Å². The van der Waals surface area contributed by atoms with E-state index >= 15 is 0 Å². The van der Waals surface area contributed by atoms with E-state index in [1.54, 1.807) is 6.92 Å². The smallest absolute Gasteiger partial charge is 0.330 e. The lowest BCUT2D eigenvalue weighted by Gasteiger charge is -2.34. The molecule has 0 saturated carbocycles.